The van der Waals surface area contributed by atoms with Gasteiger partial charge in [0.05, 0.1) is 6.61 Å². The average molecular weight is 331 g/mol. The minimum atomic E-state index is -0.231. The van der Waals surface area contributed by atoms with Gasteiger partial charge in [-0.15, -0.1) is 0 Å². The lowest BCUT2D eigenvalue weighted by molar-refractivity contribution is -0.0176. The van der Waals surface area contributed by atoms with E-state index in [1.165, 1.54) is 11.9 Å². The summed E-state index contributed by atoms with van der Waals surface area (Å²) in [4.78, 5) is 6.68. The number of aryl methyl sites for hydroxylation is 1. The smallest absolute Gasteiger partial charge is 0.189 e. The highest BCUT2D eigenvalue weighted by atomic mass is 19.1. The van der Waals surface area contributed by atoms with Crippen LogP contribution < -0.4 is 4.74 Å². The summed E-state index contributed by atoms with van der Waals surface area (Å²) < 4.78 is 26.9. The Bertz CT molecular complexity index is 731. The molecule has 0 aliphatic carbocycles. The number of hydrogen-bond donors (Lipinski definition) is 0. The van der Waals surface area contributed by atoms with Gasteiger partial charge in [0.15, 0.2) is 6.79 Å². The molecule has 2 aliphatic rings. The van der Waals surface area contributed by atoms with E-state index in [0.29, 0.717) is 19.1 Å². The molecule has 3 heterocycles. The third-order valence-electron chi connectivity index (χ3n) is 4.81. The Kier molecular flexibility index (Phi) is 4.24. The summed E-state index contributed by atoms with van der Waals surface area (Å²) in [6, 6.07) is 3.08. The molecule has 1 aromatic carbocycles. The summed E-state index contributed by atoms with van der Waals surface area (Å²) in [6.07, 6.45) is 6.08. The quantitative estimate of drug-likeness (QED) is 0.863. The topological polar surface area (TPSA) is 39.5 Å². The Labute approximate surface area is 141 Å². The van der Waals surface area contributed by atoms with Crippen LogP contribution in [0.5, 0.6) is 5.75 Å². The van der Waals surface area contributed by atoms with Crippen molar-refractivity contribution in [1.82, 2.24) is 14.5 Å². The van der Waals surface area contributed by atoms with E-state index in [1.807, 2.05) is 12.4 Å². The molecular weight excluding hydrogens is 309 g/mol. The van der Waals surface area contributed by atoms with Gasteiger partial charge in [0.2, 0.25) is 0 Å². The van der Waals surface area contributed by atoms with Crippen LogP contribution in [0.2, 0.25) is 0 Å². The fourth-order valence-corrected chi connectivity index (χ4v) is 3.74. The second-order valence-corrected chi connectivity index (χ2v) is 6.76. The van der Waals surface area contributed by atoms with Gasteiger partial charge in [-0.25, -0.2) is 9.37 Å². The van der Waals surface area contributed by atoms with Crippen molar-refractivity contribution in [1.29, 1.82) is 0 Å². The fraction of sp³-hybridized carbons (Fsp3) is 0.500. The average Bonchev–Trinajstić information content (AvgIpc) is 3.02. The third kappa shape index (κ3) is 3.16. The minimum absolute atomic E-state index is 0.231. The van der Waals surface area contributed by atoms with Gasteiger partial charge in [-0.05, 0) is 31.5 Å². The van der Waals surface area contributed by atoms with Crippen molar-refractivity contribution in [2.24, 2.45) is 5.92 Å². The van der Waals surface area contributed by atoms with Crippen molar-refractivity contribution in [3.05, 3.63) is 47.3 Å². The molecule has 4 rings (SSSR count). The maximum Gasteiger partial charge on any atom is 0.189 e. The molecule has 5 nitrogen and oxygen atoms in total. The van der Waals surface area contributed by atoms with Crippen LogP contribution in [-0.2, 0) is 30.9 Å². The zero-order valence-corrected chi connectivity index (χ0v) is 13.9. The Morgan fingerprint density at radius 2 is 2.33 bits per heavy atom. The molecule has 0 spiro atoms. The SMILES string of the molecule is CN(Cc1cc(F)cc2c1OCOC2)CC1CCn2ccnc2C1. The summed E-state index contributed by atoms with van der Waals surface area (Å²) in [6.45, 7) is 3.32. The summed E-state index contributed by atoms with van der Waals surface area (Å²) in [7, 11) is 2.08. The number of benzene rings is 1. The highest BCUT2D eigenvalue weighted by Gasteiger charge is 2.22. The second kappa shape index (κ2) is 6.53. The van der Waals surface area contributed by atoms with E-state index in [-0.39, 0.29) is 12.6 Å². The first-order chi connectivity index (χ1) is 11.7. The van der Waals surface area contributed by atoms with Crippen LogP contribution in [0.1, 0.15) is 23.4 Å². The standard InChI is InChI=1S/C18H22FN3O2/c1-21(9-13-2-4-22-5-3-20-17(22)6-13)10-14-7-16(19)8-15-11-23-12-24-18(14)15/h3,5,7-8,13H,2,4,6,9-12H2,1H3. The maximum absolute atomic E-state index is 13.9. The number of ether oxygens (including phenoxy) is 2. The van der Waals surface area contributed by atoms with Gasteiger partial charge in [-0.3, -0.25) is 0 Å². The van der Waals surface area contributed by atoms with Crippen molar-refractivity contribution >= 4 is 0 Å². The molecule has 6 heteroatoms. The molecule has 0 N–H and O–H groups in total. The highest BCUT2D eigenvalue weighted by molar-refractivity contribution is 5.42. The Hall–Kier alpha value is -1.92. The van der Waals surface area contributed by atoms with Gasteiger partial charge >= 0.3 is 0 Å². The molecular formula is C18H22FN3O2. The first-order valence-electron chi connectivity index (χ1n) is 8.39. The molecule has 128 valence electrons. The minimum Gasteiger partial charge on any atom is -0.467 e. The first-order valence-corrected chi connectivity index (χ1v) is 8.39. The van der Waals surface area contributed by atoms with E-state index in [2.05, 4.69) is 21.5 Å². The van der Waals surface area contributed by atoms with E-state index >= 15 is 0 Å². The zero-order chi connectivity index (χ0) is 16.5. The molecule has 0 radical (unpaired) electrons. The predicted octanol–water partition coefficient (Wildman–Crippen LogP) is 2.58. The van der Waals surface area contributed by atoms with E-state index in [4.69, 9.17) is 9.47 Å². The Morgan fingerprint density at radius 1 is 1.42 bits per heavy atom. The molecule has 1 atom stereocenters. The van der Waals surface area contributed by atoms with Gasteiger partial charge in [0.25, 0.3) is 0 Å². The second-order valence-electron chi connectivity index (χ2n) is 6.76. The molecule has 0 saturated carbocycles. The largest absolute Gasteiger partial charge is 0.467 e. The van der Waals surface area contributed by atoms with E-state index in [0.717, 1.165) is 42.8 Å². The van der Waals surface area contributed by atoms with Crippen LogP contribution in [-0.4, -0.2) is 34.8 Å². The van der Waals surface area contributed by atoms with Crippen molar-refractivity contribution in [2.45, 2.75) is 32.5 Å². The lowest BCUT2D eigenvalue weighted by atomic mass is 9.97. The highest BCUT2D eigenvalue weighted by Crippen LogP contribution is 2.30. The predicted molar refractivity (Wildman–Crippen MR) is 87.1 cm³/mol. The van der Waals surface area contributed by atoms with E-state index in [1.54, 1.807) is 6.07 Å². The normalized spacial score (nSPS) is 19.7. The molecule has 0 amide bonds. The number of rotatable bonds is 4. The summed E-state index contributed by atoms with van der Waals surface area (Å²) in [5.41, 5.74) is 1.69. The van der Waals surface area contributed by atoms with Crippen LogP contribution >= 0.6 is 0 Å². The number of nitrogens with zero attached hydrogens (tertiary/aromatic N) is 3. The van der Waals surface area contributed by atoms with Gasteiger partial charge in [-0.1, -0.05) is 0 Å². The molecule has 1 unspecified atom stereocenters. The number of hydrogen-bond acceptors (Lipinski definition) is 4. The lowest BCUT2D eigenvalue weighted by Gasteiger charge is -2.29. The number of imidazole rings is 1. The fourth-order valence-electron chi connectivity index (χ4n) is 3.74. The first kappa shape index (κ1) is 15.6. The summed E-state index contributed by atoms with van der Waals surface area (Å²) >= 11 is 0. The van der Waals surface area contributed by atoms with Crippen molar-refractivity contribution < 1.29 is 13.9 Å². The Balaban J connectivity index is 1.43. The molecule has 2 aromatic rings. The van der Waals surface area contributed by atoms with Gasteiger partial charge < -0.3 is 18.9 Å². The van der Waals surface area contributed by atoms with Crippen molar-refractivity contribution in [2.75, 3.05) is 20.4 Å². The van der Waals surface area contributed by atoms with Crippen LogP contribution in [0.3, 0.4) is 0 Å². The van der Waals surface area contributed by atoms with Crippen LogP contribution in [0.15, 0.2) is 24.5 Å². The molecule has 0 saturated heterocycles. The van der Waals surface area contributed by atoms with E-state index < -0.39 is 0 Å². The number of aromatic nitrogens is 2. The van der Waals surface area contributed by atoms with Gasteiger partial charge in [0, 0.05) is 49.6 Å². The van der Waals surface area contributed by atoms with Crippen molar-refractivity contribution in [3.8, 4) is 5.75 Å². The maximum atomic E-state index is 13.9. The molecule has 24 heavy (non-hydrogen) atoms. The molecule has 0 fully saturated rings. The van der Waals surface area contributed by atoms with Crippen LogP contribution in [0.25, 0.3) is 0 Å². The van der Waals surface area contributed by atoms with E-state index in [9.17, 15) is 4.39 Å². The lowest BCUT2D eigenvalue weighted by Crippen LogP contribution is -2.31. The van der Waals surface area contributed by atoms with Crippen LogP contribution in [0.4, 0.5) is 4.39 Å². The molecule has 2 aliphatic heterocycles. The third-order valence-corrected chi connectivity index (χ3v) is 4.81. The number of halogens is 1. The molecule has 1 aromatic heterocycles. The van der Waals surface area contributed by atoms with Crippen LogP contribution in [0, 0.1) is 11.7 Å². The summed E-state index contributed by atoms with van der Waals surface area (Å²) in [5.74, 6) is 2.31. The zero-order valence-electron chi connectivity index (χ0n) is 13.9. The van der Waals surface area contributed by atoms with Gasteiger partial charge in [-0.2, -0.15) is 0 Å². The number of fused-ring (bicyclic) bond motifs is 2. The Morgan fingerprint density at radius 3 is 3.25 bits per heavy atom. The van der Waals surface area contributed by atoms with Crippen molar-refractivity contribution in [3.63, 3.8) is 0 Å². The monoisotopic (exact) mass is 331 g/mol. The van der Waals surface area contributed by atoms with Gasteiger partial charge in [0.1, 0.15) is 17.4 Å². The molecule has 0 bridgehead atoms. The summed E-state index contributed by atoms with van der Waals surface area (Å²) in [5, 5.41) is 0.